The minimum absolute atomic E-state index is 0.717. The van der Waals surface area contributed by atoms with Crippen LogP contribution in [0.2, 0.25) is 0 Å². The predicted octanol–water partition coefficient (Wildman–Crippen LogP) is 10.8. The molecule has 0 saturated heterocycles. The van der Waals surface area contributed by atoms with Crippen LogP contribution in [-0.2, 0) is 0 Å². The summed E-state index contributed by atoms with van der Waals surface area (Å²) in [6, 6.07) is 57.4. The molecule has 8 rings (SSSR count). The summed E-state index contributed by atoms with van der Waals surface area (Å²) >= 11 is 0. The molecule has 0 spiro atoms. The lowest BCUT2D eigenvalue weighted by Gasteiger charge is -2.30. The maximum atomic E-state index is 5.11. The van der Waals surface area contributed by atoms with Crippen LogP contribution in [0.4, 0.5) is 0 Å². The standard InChI is InChI=1S/C44H33N3/c1-2-35(30-16-6-3-7-17-30)43-37-23-13-12-22-36(37)40(42(46-43)33-20-10-5-11-21-33)31-26-28-34(29-27-31)44-45-39-25-15-14-24-38(39)41(47-44)32-18-8-4-9-19-32/h3-29,46H,2H2,1H3/b43-35+. The molecule has 0 aliphatic carbocycles. The smallest absolute Gasteiger partial charge is 0.160 e. The topological polar surface area (TPSA) is 37.8 Å². The van der Waals surface area contributed by atoms with Crippen molar-refractivity contribution in [1.82, 2.24) is 15.3 Å². The fourth-order valence-corrected chi connectivity index (χ4v) is 6.64. The molecular weight excluding hydrogens is 571 g/mol. The molecule has 0 fully saturated rings. The molecule has 47 heavy (non-hydrogen) atoms. The zero-order chi connectivity index (χ0) is 31.6. The molecule has 7 aromatic rings. The first kappa shape index (κ1) is 28.4. The summed E-state index contributed by atoms with van der Waals surface area (Å²) in [6.45, 7) is 2.23. The number of nitrogens with zero attached hydrogens (tertiary/aromatic N) is 2. The number of fused-ring (bicyclic) bond motifs is 2. The number of rotatable bonds is 6. The maximum Gasteiger partial charge on any atom is 0.160 e. The average molecular weight is 604 g/mol. The summed E-state index contributed by atoms with van der Waals surface area (Å²) in [5.74, 6) is 0.717. The maximum absolute atomic E-state index is 5.11. The van der Waals surface area contributed by atoms with Gasteiger partial charge in [0.05, 0.1) is 22.6 Å². The van der Waals surface area contributed by atoms with Gasteiger partial charge < -0.3 is 5.32 Å². The van der Waals surface area contributed by atoms with Crippen LogP contribution in [0, 0.1) is 0 Å². The van der Waals surface area contributed by atoms with E-state index in [-0.39, 0.29) is 0 Å². The number of para-hydroxylation sites is 1. The molecular formula is C44H33N3. The monoisotopic (exact) mass is 603 g/mol. The number of allylic oxidation sites excluding steroid dienone is 1. The molecule has 0 atom stereocenters. The van der Waals surface area contributed by atoms with Crippen molar-refractivity contribution in [1.29, 1.82) is 0 Å². The lowest BCUT2D eigenvalue weighted by Crippen LogP contribution is -2.21. The molecule has 1 aromatic heterocycles. The van der Waals surface area contributed by atoms with Crippen molar-refractivity contribution in [2.45, 2.75) is 13.3 Å². The van der Waals surface area contributed by atoms with Crippen LogP contribution in [0.5, 0.6) is 0 Å². The molecule has 6 aromatic carbocycles. The van der Waals surface area contributed by atoms with E-state index in [0.717, 1.165) is 56.7 Å². The largest absolute Gasteiger partial charge is 0.354 e. The van der Waals surface area contributed by atoms with Crippen LogP contribution in [-0.4, -0.2) is 9.97 Å². The van der Waals surface area contributed by atoms with E-state index < -0.39 is 0 Å². The fraction of sp³-hybridized carbons (Fsp3) is 0.0455. The van der Waals surface area contributed by atoms with Crippen molar-refractivity contribution in [2.24, 2.45) is 0 Å². The molecule has 0 saturated carbocycles. The highest BCUT2D eigenvalue weighted by Gasteiger charge is 2.26. The quantitative estimate of drug-likeness (QED) is 0.205. The van der Waals surface area contributed by atoms with Crippen LogP contribution >= 0.6 is 0 Å². The van der Waals surface area contributed by atoms with Gasteiger partial charge in [-0.15, -0.1) is 0 Å². The zero-order valence-electron chi connectivity index (χ0n) is 26.2. The summed E-state index contributed by atoms with van der Waals surface area (Å²) < 4.78 is 0. The summed E-state index contributed by atoms with van der Waals surface area (Å²) in [5.41, 5.74) is 14.6. The van der Waals surface area contributed by atoms with Gasteiger partial charge in [0, 0.05) is 27.6 Å². The molecule has 224 valence electrons. The van der Waals surface area contributed by atoms with Gasteiger partial charge in [-0.25, -0.2) is 9.97 Å². The Balaban J connectivity index is 1.29. The molecule has 0 bridgehead atoms. The van der Waals surface area contributed by atoms with Crippen molar-refractivity contribution in [3.8, 4) is 22.6 Å². The number of hydrogen-bond donors (Lipinski definition) is 1. The molecule has 0 amide bonds. The van der Waals surface area contributed by atoms with Gasteiger partial charge in [-0.05, 0) is 40.3 Å². The number of benzene rings is 6. The second kappa shape index (κ2) is 12.4. The van der Waals surface area contributed by atoms with Crippen molar-refractivity contribution >= 4 is 33.4 Å². The average Bonchev–Trinajstić information content (AvgIpc) is 3.15. The third-order valence-electron chi connectivity index (χ3n) is 8.89. The highest BCUT2D eigenvalue weighted by molar-refractivity contribution is 6.09. The first-order chi connectivity index (χ1) is 23.3. The second-order valence-corrected chi connectivity index (χ2v) is 11.7. The molecule has 3 nitrogen and oxygen atoms in total. The highest BCUT2D eigenvalue weighted by Crippen LogP contribution is 2.43. The van der Waals surface area contributed by atoms with E-state index >= 15 is 0 Å². The highest BCUT2D eigenvalue weighted by atomic mass is 14.9. The Hall–Kier alpha value is -6.06. The molecule has 1 aliphatic heterocycles. The normalized spacial score (nSPS) is 13.6. The summed E-state index contributed by atoms with van der Waals surface area (Å²) in [6.07, 6.45) is 0.906. The van der Waals surface area contributed by atoms with Gasteiger partial charge in [-0.3, -0.25) is 0 Å². The Bertz CT molecular complexity index is 2270. The number of aromatic nitrogens is 2. The van der Waals surface area contributed by atoms with E-state index in [2.05, 4.69) is 158 Å². The van der Waals surface area contributed by atoms with Crippen molar-refractivity contribution in [3.05, 3.63) is 192 Å². The van der Waals surface area contributed by atoms with Crippen LogP contribution in [0.3, 0.4) is 0 Å². The second-order valence-electron chi connectivity index (χ2n) is 11.7. The predicted molar refractivity (Wildman–Crippen MR) is 196 cm³/mol. The van der Waals surface area contributed by atoms with Gasteiger partial charge in [-0.1, -0.05) is 165 Å². The van der Waals surface area contributed by atoms with Crippen LogP contribution in [0.15, 0.2) is 164 Å². The van der Waals surface area contributed by atoms with Gasteiger partial charge in [0.2, 0.25) is 0 Å². The van der Waals surface area contributed by atoms with E-state index in [1.165, 1.54) is 27.8 Å². The molecule has 0 radical (unpaired) electrons. The van der Waals surface area contributed by atoms with Crippen molar-refractivity contribution < 1.29 is 0 Å². The Morgan fingerprint density at radius 3 is 1.79 bits per heavy atom. The molecule has 1 aliphatic rings. The Labute approximate surface area is 275 Å². The molecule has 2 heterocycles. The van der Waals surface area contributed by atoms with E-state index in [1.807, 2.05) is 18.2 Å². The zero-order valence-corrected chi connectivity index (χ0v) is 26.2. The van der Waals surface area contributed by atoms with Gasteiger partial charge in [0.25, 0.3) is 0 Å². The summed E-state index contributed by atoms with van der Waals surface area (Å²) in [7, 11) is 0. The first-order valence-corrected chi connectivity index (χ1v) is 16.2. The Kier molecular flexibility index (Phi) is 7.49. The van der Waals surface area contributed by atoms with E-state index in [1.54, 1.807) is 0 Å². The molecule has 0 unspecified atom stereocenters. The SMILES string of the molecule is CC/C(=C1\NC(c2ccccc2)=C(c2ccc(-c3nc(-c4ccccc4)c4ccccc4n3)cc2)c2ccccc21)c1ccccc1. The Morgan fingerprint density at radius 2 is 1.09 bits per heavy atom. The minimum Gasteiger partial charge on any atom is -0.354 e. The third-order valence-corrected chi connectivity index (χ3v) is 8.89. The van der Waals surface area contributed by atoms with Crippen molar-refractivity contribution in [3.63, 3.8) is 0 Å². The molecule has 3 heteroatoms. The number of hydrogen-bond acceptors (Lipinski definition) is 3. The molecule has 1 N–H and O–H groups in total. The lowest BCUT2D eigenvalue weighted by atomic mass is 9.83. The third kappa shape index (κ3) is 5.32. The Morgan fingerprint density at radius 1 is 0.511 bits per heavy atom. The first-order valence-electron chi connectivity index (χ1n) is 16.2. The summed E-state index contributed by atoms with van der Waals surface area (Å²) in [4.78, 5) is 10.1. The van der Waals surface area contributed by atoms with E-state index in [4.69, 9.17) is 9.97 Å². The van der Waals surface area contributed by atoms with Crippen LogP contribution in [0.1, 0.15) is 41.2 Å². The van der Waals surface area contributed by atoms with Crippen LogP contribution in [0.25, 0.3) is 56.1 Å². The van der Waals surface area contributed by atoms with Crippen molar-refractivity contribution in [2.75, 3.05) is 0 Å². The fourth-order valence-electron chi connectivity index (χ4n) is 6.64. The van der Waals surface area contributed by atoms with Gasteiger partial charge in [0.1, 0.15) is 0 Å². The number of nitrogens with one attached hydrogen (secondary N) is 1. The minimum atomic E-state index is 0.717. The van der Waals surface area contributed by atoms with Gasteiger partial charge in [-0.2, -0.15) is 0 Å². The lowest BCUT2D eigenvalue weighted by molar-refractivity contribution is 1.16. The summed E-state index contributed by atoms with van der Waals surface area (Å²) in [5, 5.41) is 5.00. The van der Waals surface area contributed by atoms with Gasteiger partial charge in [0.15, 0.2) is 5.82 Å². The van der Waals surface area contributed by atoms with E-state index in [9.17, 15) is 0 Å². The van der Waals surface area contributed by atoms with E-state index in [0.29, 0.717) is 5.82 Å². The van der Waals surface area contributed by atoms with Crippen LogP contribution < -0.4 is 5.32 Å². The van der Waals surface area contributed by atoms with Gasteiger partial charge >= 0.3 is 0 Å².